The van der Waals surface area contributed by atoms with Crippen LogP contribution >= 0.6 is 0 Å². The average Bonchev–Trinajstić information content (AvgIpc) is 2.69. The van der Waals surface area contributed by atoms with Crippen molar-refractivity contribution in [3.63, 3.8) is 0 Å². The third-order valence-electron chi connectivity index (χ3n) is 4.55. The Hall–Kier alpha value is -2.82. The van der Waals surface area contributed by atoms with Gasteiger partial charge >= 0.3 is 0 Å². The van der Waals surface area contributed by atoms with E-state index in [1.165, 1.54) is 0 Å². The normalized spacial score (nSPS) is 11.0. The van der Waals surface area contributed by atoms with Gasteiger partial charge in [-0.05, 0) is 36.0 Å². The van der Waals surface area contributed by atoms with Gasteiger partial charge in [0, 0.05) is 19.5 Å². The molecule has 0 bridgehead atoms. The van der Waals surface area contributed by atoms with Crippen LogP contribution in [0.4, 0.5) is 0 Å². The number of carbonyl (C=O) groups excluding carboxylic acids is 2. The SMILES string of the molecule is Cc1ccc(OCC(=O)NCCNC(=O)CCc2ccccc2)c(C(C)(C)C)c1. The molecule has 156 valence electrons. The van der Waals surface area contributed by atoms with Crippen LogP contribution in [0.3, 0.4) is 0 Å². The number of amides is 2. The lowest BCUT2D eigenvalue weighted by Crippen LogP contribution is -2.37. The van der Waals surface area contributed by atoms with E-state index < -0.39 is 0 Å². The second-order valence-corrected chi connectivity index (χ2v) is 8.22. The molecule has 0 aliphatic heterocycles. The largest absolute Gasteiger partial charge is 0.483 e. The number of carbonyl (C=O) groups is 2. The van der Waals surface area contributed by atoms with Gasteiger partial charge in [-0.25, -0.2) is 0 Å². The first-order valence-corrected chi connectivity index (χ1v) is 10.1. The van der Waals surface area contributed by atoms with Crippen molar-refractivity contribution in [3.05, 3.63) is 65.2 Å². The van der Waals surface area contributed by atoms with Gasteiger partial charge in [0.25, 0.3) is 5.91 Å². The summed E-state index contributed by atoms with van der Waals surface area (Å²) < 4.78 is 5.75. The molecule has 0 aromatic heterocycles. The van der Waals surface area contributed by atoms with Crippen molar-refractivity contribution in [1.82, 2.24) is 10.6 Å². The molecule has 2 rings (SSSR count). The number of hydrogen-bond acceptors (Lipinski definition) is 3. The maximum atomic E-state index is 12.1. The first kappa shape index (κ1) is 22.5. The van der Waals surface area contributed by atoms with E-state index >= 15 is 0 Å². The molecule has 0 atom stereocenters. The molecule has 2 aromatic carbocycles. The Kier molecular flexibility index (Phi) is 8.25. The summed E-state index contributed by atoms with van der Waals surface area (Å²) in [5.74, 6) is 0.505. The zero-order chi connectivity index (χ0) is 21.3. The van der Waals surface area contributed by atoms with E-state index in [1.54, 1.807) is 0 Å². The van der Waals surface area contributed by atoms with Crippen LogP contribution in [0.15, 0.2) is 48.5 Å². The van der Waals surface area contributed by atoms with Crippen LogP contribution < -0.4 is 15.4 Å². The summed E-state index contributed by atoms with van der Waals surface area (Å²) >= 11 is 0. The Labute approximate surface area is 173 Å². The number of nitrogens with one attached hydrogen (secondary N) is 2. The minimum atomic E-state index is -0.205. The van der Waals surface area contributed by atoms with Crippen molar-refractivity contribution in [1.29, 1.82) is 0 Å². The predicted molar refractivity (Wildman–Crippen MR) is 116 cm³/mol. The maximum Gasteiger partial charge on any atom is 0.258 e. The van der Waals surface area contributed by atoms with Crippen molar-refractivity contribution in [2.45, 2.75) is 46.0 Å². The Morgan fingerprint density at radius 1 is 0.931 bits per heavy atom. The van der Waals surface area contributed by atoms with Crippen LogP contribution in [-0.4, -0.2) is 31.5 Å². The van der Waals surface area contributed by atoms with Gasteiger partial charge in [-0.2, -0.15) is 0 Å². The summed E-state index contributed by atoms with van der Waals surface area (Å²) in [5, 5.41) is 5.60. The maximum absolute atomic E-state index is 12.1. The summed E-state index contributed by atoms with van der Waals surface area (Å²) in [4.78, 5) is 23.9. The van der Waals surface area contributed by atoms with Crippen molar-refractivity contribution in [2.24, 2.45) is 0 Å². The van der Waals surface area contributed by atoms with E-state index in [0.29, 0.717) is 25.9 Å². The Morgan fingerprint density at radius 2 is 1.59 bits per heavy atom. The van der Waals surface area contributed by atoms with Crippen LogP contribution in [0.1, 0.15) is 43.9 Å². The molecule has 2 amide bonds. The summed E-state index contributed by atoms with van der Waals surface area (Å²) in [5.41, 5.74) is 3.31. The molecular formula is C24H32N2O3. The molecule has 0 aliphatic rings. The molecule has 0 fully saturated rings. The molecule has 5 heteroatoms. The van der Waals surface area contributed by atoms with Gasteiger partial charge < -0.3 is 15.4 Å². The zero-order valence-corrected chi connectivity index (χ0v) is 17.9. The molecule has 0 spiro atoms. The minimum absolute atomic E-state index is 0.0196. The summed E-state index contributed by atoms with van der Waals surface area (Å²) in [6, 6.07) is 15.9. The number of hydrogen-bond donors (Lipinski definition) is 2. The van der Waals surface area contributed by atoms with Gasteiger partial charge in [0.1, 0.15) is 5.75 Å². The summed E-state index contributed by atoms with van der Waals surface area (Å²) in [6.45, 7) is 9.13. The van der Waals surface area contributed by atoms with E-state index in [1.807, 2.05) is 49.4 Å². The minimum Gasteiger partial charge on any atom is -0.483 e. The van der Waals surface area contributed by atoms with Crippen molar-refractivity contribution in [3.8, 4) is 5.75 Å². The molecule has 0 aliphatic carbocycles. The Bertz CT molecular complexity index is 811. The van der Waals surface area contributed by atoms with Crippen LogP contribution in [-0.2, 0) is 21.4 Å². The van der Waals surface area contributed by atoms with Crippen LogP contribution in [0.25, 0.3) is 0 Å². The number of ether oxygens (including phenoxy) is 1. The van der Waals surface area contributed by atoms with E-state index in [2.05, 4.69) is 37.5 Å². The monoisotopic (exact) mass is 396 g/mol. The zero-order valence-electron chi connectivity index (χ0n) is 17.9. The molecule has 0 saturated carbocycles. The lowest BCUT2D eigenvalue weighted by Gasteiger charge is -2.23. The molecule has 0 heterocycles. The fraction of sp³-hybridized carbons (Fsp3) is 0.417. The molecule has 0 radical (unpaired) electrons. The van der Waals surface area contributed by atoms with Gasteiger partial charge in [-0.1, -0.05) is 68.8 Å². The Balaban J connectivity index is 1.67. The van der Waals surface area contributed by atoms with Gasteiger partial charge in [0.2, 0.25) is 5.91 Å². The lowest BCUT2D eigenvalue weighted by molar-refractivity contribution is -0.124. The highest BCUT2D eigenvalue weighted by molar-refractivity contribution is 5.78. The van der Waals surface area contributed by atoms with Gasteiger partial charge in [-0.3, -0.25) is 9.59 Å². The van der Waals surface area contributed by atoms with E-state index in [0.717, 1.165) is 22.4 Å². The van der Waals surface area contributed by atoms with Gasteiger partial charge in [-0.15, -0.1) is 0 Å². The summed E-state index contributed by atoms with van der Waals surface area (Å²) in [6.07, 6.45) is 1.14. The van der Waals surface area contributed by atoms with E-state index in [4.69, 9.17) is 4.74 Å². The van der Waals surface area contributed by atoms with E-state index in [-0.39, 0.29) is 23.8 Å². The number of rotatable bonds is 9. The lowest BCUT2D eigenvalue weighted by atomic mass is 9.85. The second kappa shape index (κ2) is 10.6. The van der Waals surface area contributed by atoms with Gasteiger partial charge in [0.05, 0.1) is 0 Å². The Morgan fingerprint density at radius 3 is 2.24 bits per heavy atom. The molecule has 29 heavy (non-hydrogen) atoms. The second-order valence-electron chi connectivity index (χ2n) is 8.22. The first-order chi connectivity index (χ1) is 13.8. The molecule has 0 saturated heterocycles. The van der Waals surface area contributed by atoms with Crippen LogP contribution in [0, 0.1) is 6.92 Å². The average molecular weight is 397 g/mol. The quantitative estimate of drug-likeness (QED) is 0.637. The smallest absolute Gasteiger partial charge is 0.258 e. The first-order valence-electron chi connectivity index (χ1n) is 10.1. The van der Waals surface area contributed by atoms with Crippen molar-refractivity contribution < 1.29 is 14.3 Å². The van der Waals surface area contributed by atoms with Crippen molar-refractivity contribution >= 4 is 11.8 Å². The summed E-state index contributed by atoms with van der Waals surface area (Å²) in [7, 11) is 0. The fourth-order valence-corrected chi connectivity index (χ4v) is 2.94. The van der Waals surface area contributed by atoms with E-state index in [9.17, 15) is 9.59 Å². The third kappa shape index (κ3) is 7.98. The van der Waals surface area contributed by atoms with Gasteiger partial charge in [0.15, 0.2) is 6.61 Å². The highest BCUT2D eigenvalue weighted by atomic mass is 16.5. The standard InChI is InChI=1S/C24H32N2O3/c1-18-10-12-21(20(16-18)24(2,3)4)29-17-23(28)26-15-14-25-22(27)13-11-19-8-6-5-7-9-19/h5-10,12,16H,11,13-15,17H2,1-4H3,(H,25,27)(H,26,28). The van der Waals surface area contributed by atoms with Crippen LogP contribution in [0.2, 0.25) is 0 Å². The number of aryl methyl sites for hydroxylation is 2. The number of benzene rings is 2. The highest BCUT2D eigenvalue weighted by Gasteiger charge is 2.19. The third-order valence-corrected chi connectivity index (χ3v) is 4.55. The molecule has 0 unspecified atom stereocenters. The van der Waals surface area contributed by atoms with Crippen LogP contribution in [0.5, 0.6) is 5.75 Å². The van der Waals surface area contributed by atoms with Crippen molar-refractivity contribution in [2.75, 3.05) is 19.7 Å². The molecule has 5 nitrogen and oxygen atoms in total. The fourth-order valence-electron chi connectivity index (χ4n) is 2.94. The molecular weight excluding hydrogens is 364 g/mol. The molecule has 2 aromatic rings. The highest BCUT2D eigenvalue weighted by Crippen LogP contribution is 2.32. The topological polar surface area (TPSA) is 67.4 Å². The predicted octanol–water partition coefficient (Wildman–Crippen LogP) is 3.54. The molecule has 2 N–H and O–H groups in total.